The first kappa shape index (κ1) is 20.2. The lowest BCUT2D eigenvalue weighted by atomic mass is 10.1. The summed E-state index contributed by atoms with van der Waals surface area (Å²) in [7, 11) is 4.73. The number of nitrogens with zero attached hydrogens (tertiary/aromatic N) is 3. The van der Waals surface area contributed by atoms with Crippen LogP contribution in [0.3, 0.4) is 0 Å². The first-order chi connectivity index (χ1) is 14.1. The highest BCUT2D eigenvalue weighted by Crippen LogP contribution is 2.38. The Kier molecular flexibility index (Phi) is 6.38. The Balaban J connectivity index is 1.73. The molecule has 0 aliphatic rings. The molecule has 3 aromatic rings. The Bertz CT molecular complexity index is 948. The lowest BCUT2D eigenvalue weighted by molar-refractivity contribution is 0.324. The van der Waals surface area contributed by atoms with Crippen LogP contribution in [0.25, 0.3) is 0 Å². The van der Waals surface area contributed by atoms with Crippen LogP contribution in [0, 0.1) is 0 Å². The molecule has 0 amide bonds. The fraction of sp³-hybridized carbons (Fsp3) is 0.350. The Morgan fingerprint density at radius 3 is 2.34 bits per heavy atom. The first-order valence-electron chi connectivity index (χ1n) is 9.16. The average Bonchev–Trinajstić information content (AvgIpc) is 3.21. The molecule has 0 saturated carbocycles. The summed E-state index contributed by atoms with van der Waals surface area (Å²) in [6.07, 6.45) is 3.04. The predicted molar refractivity (Wildman–Crippen MR) is 109 cm³/mol. The topological polar surface area (TPSA) is 118 Å². The number of benzene rings is 1. The quantitative estimate of drug-likeness (QED) is 0.560. The van der Waals surface area contributed by atoms with Gasteiger partial charge in [0.25, 0.3) is 0 Å². The van der Waals surface area contributed by atoms with E-state index in [2.05, 4.69) is 20.4 Å². The summed E-state index contributed by atoms with van der Waals surface area (Å²) in [6.45, 7) is 2.45. The predicted octanol–water partition coefficient (Wildman–Crippen LogP) is 2.84. The fourth-order valence-corrected chi connectivity index (χ4v) is 2.87. The zero-order chi connectivity index (χ0) is 20.8. The van der Waals surface area contributed by atoms with E-state index in [1.54, 1.807) is 27.5 Å². The maximum atomic E-state index is 6.15. The van der Waals surface area contributed by atoms with Crippen molar-refractivity contribution < 1.29 is 18.7 Å². The summed E-state index contributed by atoms with van der Waals surface area (Å²) in [5, 5.41) is 7.05. The number of hydrogen-bond acceptors (Lipinski definition) is 9. The first-order valence-corrected chi connectivity index (χ1v) is 9.16. The van der Waals surface area contributed by atoms with Crippen LogP contribution in [-0.4, -0.2) is 36.5 Å². The van der Waals surface area contributed by atoms with Gasteiger partial charge in [-0.15, -0.1) is 0 Å². The van der Waals surface area contributed by atoms with Gasteiger partial charge in [0, 0.05) is 24.2 Å². The normalized spacial score (nSPS) is 10.6. The monoisotopic (exact) mass is 399 g/mol. The Morgan fingerprint density at radius 1 is 1.07 bits per heavy atom. The average molecular weight is 399 g/mol. The van der Waals surface area contributed by atoms with E-state index in [9.17, 15) is 0 Å². The van der Waals surface area contributed by atoms with E-state index < -0.39 is 0 Å². The molecule has 0 unspecified atom stereocenters. The van der Waals surface area contributed by atoms with Crippen LogP contribution >= 0.6 is 0 Å². The number of anilines is 2. The van der Waals surface area contributed by atoms with Crippen molar-refractivity contribution in [1.29, 1.82) is 0 Å². The van der Waals surface area contributed by atoms with Gasteiger partial charge in [-0.2, -0.15) is 4.98 Å². The van der Waals surface area contributed by atoms with Gasteiger partial charge in [-0.25, -0.2) is 4.98 Å². The molecule has 0 spiro atoms. The van der Waals surface area contributed by atoms with Gasteiger partial charge >= 0.3 is 0 Å². The second-order valence-electron chi connectivity index (χ2n) is 6.31. The number of rotatable bonds is 9. The highest BCUT2D eigenvalue weighted by atomic mass is 16.5. The van der Waals surface area contributed by atoms with Gasteiger partial charge in [-0.1, -0.05) is 12.1 Å². The number of aryl methyl sites for hydroxylation is 1. The number of nitrogens with two attached hydrogens (primary N) is 1. The molecule has 2 heterocycles. The maximum absolute atomic E-state index is 6.15. The second kappa shape index (κ2) is 9.13. The van der Waals surface area contributed by atoms with Gasteiger partial charge in [0.2, 0.25) is 11.7 Å². The van der Waals surface area contributed by atoms with Crippen molar-refractivity contribution in [1.82, 2.24) is 15.1 Å². The third kappa shape index (κ3) is 4.68. The van der Waals surface area contributed by atoms with Gasteiger partial charge in [-0.3, -0.25) is 0 Å². The number of hydrogen-bond donors (Lipinski definition) is 2. The van der Waals surface area contributed by atoms with Gasteiger partial charge in [-0.05, 0) is 24.1 Å². The van der Waals surface area contributed by atoms with Crippen LogP contribution in [0.1, 0.15) is 29.5 Å². The van der Waals surface area contributed by atoms with E-state index in [0.717, 1.165) is 23.2 Å². The number of aromatic nitrogens is 3. The highest BCUT2D eigenvalue weighted by Gasteiger charge is 2.15. The lowest BCUT2D eigenvalue weighted by Crippen LogP contribution is -2.07. The Morgan fingerprint density at radius 2 is 1.79 bits per heavy atom. The summed E-state index contributed by atoms with van der Waals surface area (Å²) in [5.74, 6) is 3.23. The minimum atomic E-state index is 0.392. The van der Waals surface area contributed by atoms with Crippen molar-refractivity contribution in [2.45, 2.75) is 26.3 Å². The second-order valence-corrected chi connectivity index (χ2v) is 6.31. The molecule has 2 aromatic heterocycles. The number of nitrogens with one attached hydrogen (secondary N) is 1. The summed E-state index contributed by atoms with van der Waals surface area (Å²) >= 11 is 0. The molecule has 9 heteroatoms. The van der Waals surface area contributed by atoms with Crippen molar-refractivity contribution >= 4 is 11.8 Å². The number of methoxy groups -OCH3 is 3. The maximum Gasteiger partial charge on any atom is 0.224 e. The van der Waals surface area contributed by atoms with Crippen molar-refractivity contribution in [3.05, 3.63) is 47.0 Å². The summed E-state index contributed by atoms with van der Waals surface area (Å²) in [4.78, 5) is 8.68. The van der Waals surface area contributed by atoms with E-state index in [-0.39, 0.29) is 0 Å². The molecule has 0 atom stereocenters. The van der Waals surface area contributed by atoms with Crippen LogP contribution in [0.2, 0.25) is 0 Å². The van der Waals surface area contributed by atoms with Gasteiger partial charge in [0.05, 0.1) is 33.6 Å². The van der Waals surface area contributed by atoms with Crippen LogP contribution in [-0.2, 0) is 19.4 Å². The highest BCUT2D eigenvalue weighted by molar-refractivity contribution is 5.55. The van der Waals surface area contributed by atoms with Gasteiger partial charge in [0.1, 0.15) is 5.82 Å². The largest absolute Gasteiger partial charge is 0.493 e. The summed E-state index contributed by atoms with van der Waals surface area (Å²) in [5.41, 5.74) is 8.78. The van der Waals surface area contributed by atoms with Crippen LogP contribution in [0.4, 0.5) is 11.8 Å². The molecule has 0 aliphatic carbocycles. The van der Waals surface area contributed by atoms with Gasteiger partial charge < -0.3 is 29.8 Å². The molecule has 0 bridgehead atoms. The molecular formula is C20H25N5O4. The lowest BCUT2D eigenvalue weighted by Gasteiger charge is -2.14. The smallest absolute Gasteiger partial charge is 0.224 e. The molecule has 1 aromatic carbocycles. The Labute approximate surface area is 169 Å². The fourth-order valence-electron chi connectivity index (χ4n) is 2.87. The van der Waals surface area contributed by atoms with E-state index in [1.165, 1.54) is 0 Å². The minimum Gasteiger partial charge on any atom is -0.493 e. The molecule has 3 N–H and O–H groups in total. The van der Waals surface area contributed by atoms with Crippen LogP contribution in [0.5, 0.6) is 17.2 Å². The van der Waals surface area contributed by atoms with Gasteiger partial charge in [0.15, 0.2) is 17.3 Å². The standard InChI is InChI=1S/C20H25N5O4/c1-5-14-9-15(29-25-14)11-23-20-22-10-13(19(21)24-20)6-12-7-16(26-2)18(28-4)17(8-12)27-3/h7-10H,5-6,11H2,1-4H3,(H3,21,22,23,24). The van der Waals surface area contributed by atoms with E-state index in [1.807, 2.05) is 25.1 Å². The molecule has 0 radical (unpaired) electrons. The van der Waals surface area contributed by atoms with Crippen molar-refractivity contribution in [2.24, 2.45) is 0 Å². The summed E-state index contributed by atoms with van der Waals surface area (Å²) in [6, 6.07) is 5.65. The third-order valence-corrected chi connectivity index (χ3v) is 4.41. The molecule has 0 aliphatic heterocycles. The van der Waals surface area contributed by atoms with Crippen LogP contribution in [0.15, 0.2) is 28.9 Å². The van der Waals surface area contributed by atoms with E-state index >= 15 is 0 Å². The number of nitrogen functional groups attached to an aromatic ring is 1. The summed E-state index contributed by atoms with van der Waals surface area (Å²) < 4.78 is 21.4. The molecule has 154 valence electrons. The van der Waals surface area contributed by atoms with E-state index in [0.29, 0.717) is 47.7 Å². The number of ether oxygens (including phenoxy) is 3. The zero-order valence-corrected chi connectivity index (χ0v) is 17.0. The molecular weight excluding hydrogens is 374 g/mol. The van der Waals surface area contributed by atoms with Crippen LogP contribution < -0.4 is 25.3 Å². The Hall–Kier alpha value is -3.49. The molecule has 9 nitrogen and oxygen atoms in total. The minimum absolute atomic E-state index is 0.392. The van der Waals surface area contributed by atoms with Crippen molar-refractivity contribution in [3.8, 4) is 17.2 Å². The van der Waals surface area contributed by atoms with Crippen molar-refractivity contribution in [3.63, 3.8) is 0 Å². The molecule has 3 rings (SSSR count). The molecule has 0 saturated heterocycles. The third-order valence-electron chi connectivity index (χ3n) is 4.41. The van der Waals surface area contributed by atoms with Crippen molar-refractivity contribution in [2.75, 3.05) is 32.4 Å². The molecule has 29 heavy (non-hydrogen) atoms. The zero-order valence-electron chi connectivity index (χ0n) is 17.0. The van der Waals surface area contributed by atoms with E-state index in [4.69, 9.17) is 24.5 Å². The SMILES string of the molecule is CCc1cc(CNc2ncc(Cc3cc(OC)c(OC)c(OC)c3)c(N)n2)on1. The molecule has 0 fully saturated rings.